The zero-order chi connectivity index (χ0) is 14.8. The van der Waals surface area contributed by atoms with Crippen LogP contribution in [0.4, 0.5) is 0 Å². The van der Waals surface area contributed by atoms with Crippen LogP contribution in [-0.4, -0.2) is 23.2 Å². The van der Waals surface area contributed by atoms with Crippen LogP contribution in [0, 0.1) is 0 Å². The zero-order valence-corrected chi connectivity index (χ0v) is 11.5. The molecule has 5 heteroatoms. The Balaban J connectivity index is 1.86. The van der Waals surface area contributed by atoms with Crippen LogP contribution in [-0.2, 0) is 0 Å². The van der Waals surface area contributed by atoms with E-state index in [-0.39, 0.29) is 17.2 Å². The van der Waals surface area contributed by atoms with Crippen molar-refractivity contribution >= 4 is 16.9 Å². The number of carbonyl (C=O) groups is 1. The molecule has 2 aromatic rings. The summed E-state index contributed by atoms with van der Waals surface area (Å²) in [5.41, 5.74) is 0.144. The van der Waals surface area contributed by atoms with E-state index in [1.165, 1.54) is 6.07 Å². The molecule has 0 unspecified atom stereocenters. The Kier molecular flexibility index (Phi) is 3.75. The van der Waals surface area contributed by atoms with Crippen molar-refractivity contribution in [2.75, 3.05) is 0 Å². The van der Waals surface area contributed by atoms with Crippen molar-refractivity contribution < 1.29 is 14.3 Å². The standard InChI is InChI=1S/C16H17NO4/c18-12-7-3-2-6-11(12)17-16(20)15-9-13(19)10-5-1-4-8-14(10)21-15/h1,4-5,8-9,11-12,18H,2-3,6-7H2,(H,17,20)/t11-,12-/m1/s1. The molecule has 2 atom stereocenters. The highest BCUT2D eigenvalue weighted by molar-refractivity contribution is 5.93. The minimum atomic E-state index is -0.533. The molecule has 2 N–H and O–H groups in total. The number of carbonyl (C=O) groups excluding carboxylic acids is 1. The van der Waals surface area contributed by atoms with Crippen molar-refractivity contribution in [2.45, 2.75) is 37.8 Å². The van der Waals surface area contributed by atoms with Gasteiger partial charge in [-0.3, -0.25) is 9.59 Å². The molecule has 1 fully saturated rings. The second-order valence-corrected chi connectivity index (χ2v) is 5.40. The molecule has 110 valence electrons. The second kappa shape index (κ2) is 5.69. The van der Waals surface area contributed by atoms with Gasteiger partial charge in [0.1, 0.15) is 5.58 Å². The molecule has 0 radical (unpaired) electrons. The van der Waals surface area contributed by atoms with Gasteiger partial charge in [-0.2, -0.15) is 0 Å². The fourth-order valence-electron chi connectivity index (χ4n) is 2.74. The quantitative estimate of drug-likeness (QED) is 0.883. The average molecular weight is 287 g/mol. The Bertz CT molecular complexity index is 722. The molecule has 1 heterocycles. The second-order valence-electron chi connectivity index (χ2n) is 5.40. The Morgan fingerprint density at radius 1 is 1.24 bits per heavy atom. The number of nitrogens with one attached hydrogen (secondary N) is 1. The first-order valence-corrected chi connectivity index (χ1v) is 7.17. The van der Waals surface area contributed by atoms with Crippen LogP contribution in [0.25, 0.3) is 11.0 Å². The first kappa shape index (κ1) is 13.8. The van der Waals surface area contributed by atoms with E-state index in [1.807, 2.05) is 0 Å². The number of rotatable bonds is 2. The van der Waals surface area contributed by atoms with Crippen LogP contribution in [0.1, 0.15) is 36.2 Å². The van der Waals surface area contributed by atoms with Crippen molar-refractivity contribution in [3.63, 3.8) is 0 Å². The van der Waals surface area contributed by atoms with Gasteiger partial charge in [-0.15, -0.1) is 0 Å². The maximum Gasteiger partial charge on any atom is 0.287 e. The Morgan fingerprint density at radius 2 is 2.00 bits per heavy atom. The lowest BCUT2D eigenvalue weighted by Crippen LogP contribution is -2.45. The lowest BCUT2D eigenvalue weighted by Gasteiger charge is -2.28. The third kappa shape index (κ3) is 2.83. The Morgan fingerprint density at radius 3 is 2.81 bits per heavy atom. The number of hydrogen-bond donors (Lipinski definition) is 2. The van der Waals surface area contributed by atoms with Gasteiger partial charge in [0.05, 0.1) is 17.5 Å². The predicted octanol–water partition coefficient (Wildman–Crippen LogP) is 1.83. The largest absolute Gasteiger partial charge is 0.451 e. The Hall–Kier alpha value is -2.14. The molecular formula is C16H17NO4. The molecule has 1 aliphatic carbocycles. The summed E-state index contributed by atoms with van der Waals surface area (Å²) in [5.74, 6) is -0.472. The highest BCUT2D eigenvalue weighted by Gasteiger charge is 2.25. The lowest BCUT2D eigenvalue weighted by atomic mass is 9.92. The summed E-state index contributed by atoms with van der Waals surface area (Å²) < 4.78 is 5.49. The third-order valence-corrected chi connectivity index (χ3v) is 3.90. The first-order valence-electron chi connectivity index (χ1n) is 7.17. The maximum absolute atomic E-state index is 12.2. The molecule has 1 saturated carbocycles. The summed E-state index contributed by atoms with van der Waals surface area (Å²) >= 11 is 0. The summed E-state index contributed by atoms with van der Waals surface area (Å²) in [7, 11) is 0. The van der Waals surface area contributed by atoms with Crippen molar-refractivity contribution in [1.82, 2.24) is 5.32 Å². The van der Waals surface area contributed by atoms with Gasteiger partial charge < -0.3 is 14.8 Å². The summed E-state index contributed by atoms with van der Waals surface area (Å²) in [4.78, 5) is 24.2. The number of fused-ring (bicyclic) bond motifs is 1. The van der Waals surface area contributed by atoms with Crippen LogP contribution in [0.15, 0.2) is 39.5 Å². The van der Waals surface area contributed by atoms with Crippen molar-refractivity contribution in [3.8, 4) is 0 Å². The fourth-order valence-corrected chi connectivity index (χ4v) is 2.74. The predicted molar refractivity (Wildman–Crippen MR) is 78.2 cm³/mol. The minimum absolute atomic E-state index is 0.0172. The van der Waals surface area contributed by atoms with Gasteiger partial charge in [0.2, 0.25) is 0 Å². The van der Waals surface area contributed by atoms with E-state index >= 15 is 0 Å². The molecule has 3 rings (SSSR count). The van der Waals surface area contributed by atoms with Crippen LogP contribution in [0.3, 0.4) is 0 Å². The number of benzene rings is 1. The molecule has 0 saturated heterocycles. The number of amides is 1. The van der Waals surface area contributed by atoms with Crippen molar-refractivity contribution in [1.29, 1.82) is 0 Å². The van der Waals surface area contributed by atoms with Crippen molar-refractivity contribution in [3.05, 3.63) is 46.3 Å². The van der Waals surface area contributed by atoms with E-state index < -0.39 is 12.0 Å². The van der Waals surface area contributed by atoms with Crippen LogP contribution in [0.2, 0.25) is 0 Å². The molecule has 0 bridgehead atoms. The minimum Gasteiger partial charge on any atom is -0.451 e. The molecule has 0 spiro atoms. The fraction of sp³-hybridized carbons (Fsp3) is 0.375. The number of para-hydroxylation sites is 1. The number of hydrogen-bond acceptors (Lipinski definition) is 4. The van der Waals surface area contributed by atoms with Crippen LogP contribution in [0.5, 0.6) is 0 Å². The van der Waals surface area contributed by atoms with Gasteiger partial charge in [-0.1, -0.05) is 25.0 Å². The number of aliphatic hydroxyl groups excluding tert-OH is 1. The van der Waals surface area contributed by atoms with Crippen LogP contribution >= 0.6 is 0 Å². The summed E-state index contributed by atoms with van der Waals surface area (Å²) in [5, 5.41) is 13.1. The van der Waals surface area contributed by atoms with E-state index in [0.717, 1.165) is 19.3 Å². The molecule has 1 aliphatic rings. The molecule has 0 aliphatic heterocycles. The molecule has 1 aromatic heterocycles. The summed E-state index contributed by atoms with van der Waals surface area (Å²) in [6.07, 6.45) is 2.84. The van der Waals surface area contributed by atoms with E-state index in [2.05, 4.69) is 5.32 Å². The highest BCUT2D eigenvalue weighted by atomic mass is 16.3. The van der Waals surface area contributed by atoms with Gasteiger partial charge in [-0.05, 0) is 25.0 Å². The third-order valence-electron chi connectivity index (χ3n) is 3.90. The topological polar surface area (TPSA) is 79.5 Å². The van der Waals surface area contributed by atoms with E-state index in [9.17, 15) is 14.7 Å². The average Bonchev–Trinajstić information content (AvgIpc) is 2.49. The van der Waals surface area contributed by atoms with Crippen molar-refractivity contribution in [2.24, 2.45) is 0 Å². The molecule has 1 aromatic carbocycles. The van der Waals surface area contributed by atoms with E-state index in [4.69, 9.17) is 4.42 Å². The summed E-state index contributed by atoms with van der Waals surface area (Å²) in [6, 6.07) is 7.74. The Labute approximate surface area is 121 Å². The molecule has 21 heavy (non-hydrogen) atoms. The van der Waals surface area contributed by atoms with Crippen LogP contribution < -0.4 is 10.7 Å². The molecule has 5 nitrogen and oxygen atoms in total. The smallest absolute Gasteiger partial charge is 0.287 e. The van der Waals surface area contributed by atoms with Gasteiger partial charge in [0.25, 0.3) is 5.91 Å². The van der Waals surface area contributed by atoms with Gasteiger partial charge in [-0.25, -0.2) is 0 Å². The van der Waals surface area contributed by atoms with Gasteiger partial charge in [0.15, 0.2) is 11.2 Å². The van der Waals surface area contributed by atoms with E-state index in [1.54, 1.807) is 24.3 Å². The zero-order valence-electron chi connectivity index (χ0n) is 11.5. The normalized spacial score (nSPS) is 22.1. The molecule has 1 amide bonds. The maximum atomic E-state index is 12.2. The summed E-state index contributed by atoms with van der Waals surface area (Å²) in [6.45, 7) is 0. The molecular weight excluding hydrogens is 270 g/mol. The van der Waals surface area contributed by atoms with Gasteiger partial charge in [0, 0.05) is 6.07 Å². The lowest BCUT2D eigenvalue weighted by molar-refractivity contribution is 0.0698. The SMILES string of the molecule is O=C(N[C@@H]1CCCC[C@H]1O)c1cc(=O)c2ccccc2o1. The highest BCUT2D eigenvalue weighted by Crippen LogP contribution is 2.19. The first-order chi connectivity index (χ1) is 10.1. The van der Waals surface area contributed by atoms with E-state index in [0.29, 0.717) is 17.4 Å². The number of aliphatic hydroxyl groups is 1. The van der Waals surface area contributed by atoms with Gasteiger partial charge >= 0.3 is 0 Å². The monoisotopic (exact) mass is 287 g/mol.